The summed E-state index contributed by atoms with van der Waals surface area (Å²) >= 11 is 1.01. The molecular weight excluding hydrogens is 276 g/mol. The fraction of sp³-hybridized carbons (Fsp3) is 0.167. The summed E-state index contributed by atoms with van der Waals surface area (Å²) in [7, 11) is 0. The van der Waals surface area contributed by atoms with Crippen LogP contribution >= 0.6 is 11.5 Å². The summed E-state index contributed by atoms with van der Waals surface area (Å²) in [5, 5.41) is 11.1. The quantitative estimate of drug-likeness (QED) is 0.661. The highest BCUT2D eigenvalue weighted by atomic mass is 32.1. The van der Waals surface area contributed by atoms with Gasteiger partial charge in [-0.3, -0.25) is 10.1 Å². The van der Waals surface area contributed by atoms with Crippen molar-refractivity contribution in [2.24, 2.45) is 5.73 Å². The molecule has 0 aliphatic rings. The zero-order chi connectivity index (χ0) is 13.9. The van der Waals surface area contributed by atoms with E-state index in [-0.39, 0.29) is 5.91 Å². The second-order valence-corrected chi connectivity index (χ2v) is 5.06. The summed E-state index contributed by atoms with van der Waals surface area (Å²) in [5.74, 6) is -0.297. The van der Waals surface area contributed by atoms with Crippen LogP contribution in [0, 0.1) is 0 Å². The van der Waals surface area contributed by atoms with Gasteiger partial charge in [0.05, 0.1) is 6.04 Å². The molecule has 0 aliphatic heterocycles. The second kappa shape index (κ2) is 5.35. The van der Waals surface area contributed by atoms with E-state index < -0.39 is 6.04 Å². The second-order valence-electron chi connectivity index (χ2n) is 4.33. The molecule has 0 radical (unpaired) electrons. The van der Waals surface area contributed by atoms with E-state index in [1.165, 1.54) is 0 Å². The molecule has 20 heavy (non-hydrogen) atoms. The Kier molecular flexibility index (Phi) is 3.40. The number of aromatic nitrogens is 4. The monoisotopic (exact) mass is 288 g/mol. The Hall–Kier alpha value is -2.32. The van der Waals surface area contributed by atoms with Gasteiger partial charge in [-0.2, -0.15) is 0 Å². The van der Waals surface area contributed by atoms with Gasteiger partial charge in [-0.15, -0.1) is 0 Å². The van der Waals surface area contributed by atoms with Gasteiger partial charge in [0, 0.05) is 28.6 Å². The molecule has 0 saturated heterocycles. The predicted molar refractivity (Wildman–Crippen MR) is 76.3 cm³/mol. The van der Waals surface area contributed by atoms with Crippen molar-refractivity contribution in [2.45, 2.75) is 12.5 Å². The van der Waals surface area contributed by atoms with E-state index in [0.717, 1.165) is 28.0 Å². The van der Waals surface area contributed by atoms with Gasteiger partial charge >= 0.3 is 0 Å². The Morgan fingerprint density at radius 1 is 1.45 bits per heavy atom. The number of carbonyl (C=O) groups excluding carboxylic acids is 1. The zero-order valence-corrected chi connectivity index (χ0v) is 11.2. The molecule has 1 aromatic carbocycles. The smallest absolute Gasteiger partial charge is 0.243 e. The molecule has 0 fully saturated rings. The average Bonchev–Trinajstić information content (AvgIpc) is 3.09. The number of hydrogen-bond acceptors (Lipinski definition) is 6. The van der Waals surface area contributed by atoms with Crippen LogP contribution in [0.3, 0.4) is 0 Å². The topological polar surface area (TPSA) is 110 Å². The third kappa shape index (κ3) is 2.51. The third-order valence-electron chi connectivity index (χ3n) is 2.98. The first kappa shape index (κ1) is 12.7. The predicted octanol–water partition coefficient (Wildman–Crippen LogP) is 0.923. The molecule has 8 heteroatoms. The van der Waals surface area contributed by atoms with Crippen molar-refractivity contribution in [3.63, 3.8) is 0 Å². The number of H-pyrrole nitrogens is 1. The van der Waals surface area contributed by atoms with Crippen LogP contribution in [0.1, 0.15) is 5.56 Å². The first-order valence-corrected chi connectivity index (χ1v) is 6.78. The van der Waals surface area contributed by atoms with Crippen LogP contribution in [-0.4, -0.2) is 31.7 Å². The van der Waals surface area contributed by atoms with E-state index in [9.17, 15) is 4.79 Å². The molecule has 102 valence electrons. The Morgan fingerprint density at radius 3 is 3.10 bits per heavy atom. The molecule has 4 N–H and O–H groups in total. The Labute approximate surface area is 118 Å². The van der Waals surface area contributed by atoms with Crippen molar-refractivity contribution in [1.29, 1.82) is 0 Å². The standard InChI is InChI=1S/C12H12N6OS/c13-9(11(19)15-12-16-17-18-20-12)5-7-6-14-10-4-2-1-3-8(7)10/h1-4,6,9,14H,5,13H2,(H,15,16,18,19)/t9-/m1/s1. The van der Waals surface area contributed by atoms with Crippen LogP contribution in [-0.2, 0) is 11.2 Å². The number of fused-ring (bicyclic) bond motifs is 1. The molecule has 3 rings (SSSR count). The van der Waals surface area contributed by atoms with E-state index in [1.807, 2.05) is 30.5 Å². The van der Waals surface area contributed by atoms with Crippen molar-refractivity contribution in [3.8, 4) is 0 Å². The Morgan fingerprint density at radius 2 is 2.30 bits per heavy atom. The minimum Gasteiger partial charge on any atom is -0.361 e. The molecule has 0 unspecified atom stereocenters. The van der Waals surface area contributed by atoms with Gasteiger partial charge < -0.3 is 10.7 Å². The average molecular weight is 288 g/mol. The third-order valence-corrected chi connectivity index (χ3v) is 3.49. The van der Waals surface area contributed by atoms with Gasteiger partial charge in [0.1, 0.15) is 0 Å². The fourth-order valence-corrected chi connectivity index (χ4v) is 2.38. The van der Waals surface area contributed by atoms with Gasteiger partial charge in [0.15, 0.2) is 0 Å². The van der Waals surface area contributed by atoms with Crippen LogP contribution in [0.15, 0.2) is 30.5 Å². The summed E-state index contributed by atoms with van der Waals surface area (Å²) in [5.41, 5.74) is 7.97. The highest BCUT2D eigenvalue weighted by Crippen LogP contribution is 2.19. The van der Waals surface area contributed by atoms with Crippen LogP contribution in [0.2, 0.25) is 0 Å². The van der Waals surface area contributed by atoms with Crippen LogP contribution in [0.25, 0.3) is 10.9 Å². The van der Waals surface area contributed by atoms with E-state index in [1.54, 1.807) is 0 Å². The largest absolute Gasteiger partial charge is 0.361 e. The molecule has 0 spiro atoms. The van der Waals surface area contributed by atoms with Crippen LogP contribution < -0.4 is 11.1 Å². The molecule has 2 heterocycles. The number of hydrogen-bond donors (Lipinski definition) is 3. The maximum Gasteiger partial charge on any atom is 0.243 e. The zero-order valence-electron chi connectivity index (χ0n) is 10.4. The number of aromatic amines is 1. The van der Waals surface area contributed by atoms with Crippen molar-refractivity contribution in [3.05, 3.63) is 36.0 Å². The number of nitrogens with one attached hydrogen (secondary N) is 2. The number of anilines is 1. The maximum absolute atomic E-state index is 11.9. The van der Waals surface area contributed by atoms with Gasteiger partial charge in [-0.25, -0.2) is 0 Å². The molecule has 1 amide bonds. The van der Waals surface area contributed by atoms with Gasteiger partial charge in [0.25, 0.3) is 0 Å². The fourth-order valence-electron chi connectivity index (χ4n) is 2.01. The summed E-state index contributed by atoms with van der Waals surface area (Å²) < 4.78 is 3.57. The number of nitrogens with zero attached hydrogens (tertiary/aromatic N) is 3. The van der Waals surface area contributed by atoms with Gasteiger partial charge in [0.2, 0.25) is 11.0 Å². The normalized spacial score (nSPS) is 12.4. The van der Waals surface area contributed by atoms with Crippen LogP contribution in [0.4, 0.5) is 5.13 Å². The Bertz CT molecular complexity index is 722. The molecule has 1 atom stereocenters. The summed E-state index contributed by atoms with van der Waals surface area (Å²) in [6.45, 7) is 0. The highest BCUT2D eigenvalue weighted by Gasteiger charge is 2.17. The minimum absolute atomic E-state index is 0.297. The molecule has 2 aromatic heterocycles. The van der Waals surface area contributed by atoms with E-state index in [4.69, 9.17) is 5.73 Å². The van der Waals surface area contributed by atoms with Crippen molar-refractivity contribution < 1.29 is 4.79 Å². The van der Waals surface area contributed by atoms with E-state index in [0.29, 0.717) is 11.6 Å². The number of rotatable bonds is 4. The first-order valence-electron chi connectivity index (χ1n) is 6.00. The van der Waals surface area contributed by atoms with Gasteiger partial charge in [-0.05, 0) is 23.3 Å². The summed E-state index contributed by atoms with van der Waals surface area (Å²) in [6, 6.07) is 7.24. The lowest BCUT2D eigenvalue weighted by molar-refractivity contribution is -0.117. The molecule has 0 aliphatic carbocycles. The molecule has 0 saturated carbocycles. The number of amides is 1. The lowest BCUT2D eigenvalue weighted by Gasteiger charge is -2.09. The molecule has 7 nitrogen and oxygen atoms in total. The SMILES string of the molecule is N[C@H](Cc1c[nH]c2ccccc12)C(=O)Nc1nnns1. The number of benzene rings is 1. The molecule has 0 bridgehead atoms. The maximum atomic E-state index is 11.9. The number of para-hydroxylation sites is 1. The lowest BCUT2D eigenvalue weighted by Crippen LogP contribution is -2.37. The van der Waals surface area contributed by atoms with Gasteiger partial charge in [-0.1, -0.05) is 27.8 Å². The van der Waals surface area contributed by atoms with E-state index >= 15 is 0 Å². The Balaban J connectivity index is 1.72. The van der Waals surface area contributed by atoms with E-state index in [2.05, 4.69) is 25.1 Å². The minimum atomic E-state index is -0.655. The van der Waals surface area contributed by atoms with Crippen LogP contribution in [0.5, 0.6) is 0 Å². The van der Waals surface area contributed by atoms with Crippen molar-refractivity contribution in [1.82, 2.24) is 19.8 Å². The first-order chi connectivity index (χ1) is 9.74. The molecule has 3 aromatic rings. The summed E-state index contributed by atoms with van der Waals surface area (Å²) in [6.07, 6.45) is 2.33. The van der Waals surface area contributed by atoms with Crippen molar-refractivity contribution >= 4 is 33.5 Å². The number of nitrogens with two attached hydrogens (primary N) is 1. The number of carbonyl (C=O) groups is 1. The lowest BCUT2D eigenvalue weighted by atomic mass is 10.1. The highest BCUT2D eigenvalue weighted by molar-refractivity contribution is 7.09. The summed E-state index contributed by atoms with van der Waals surface area (Å²) in [4.78, 5) is 15.1. The molecular formula is C12H12N6OS. The van der Waals surface area contributed by atoms with Crippen molar-refractivity contribution in [2.75, 3.05) is 5.32 Å².